The molecule has 0 spiro atoms. The van der Waals surface area contributed by atoms with Crippen molar-refractivity contribution >= 4 is 32.5 Å². The van der Waals surface area contributed by atoms with Crippen molar-refractivity contribution in [1.29, 1.82) is 0 Å². The molecule has 0 radical (unpaired) electrons. The van der Waals surface area contributed by atoms with Gasteiger partial charge in [-0.25, -0.2) is 0 Å². The van der Waals surface area contributed by atoms with E-state index in [4.69, 9.17) is 0 Å². The quantitative estimate of drug-likeness (QED) is 0.661. The lowest BCUT2D eigenvalue weighted by molar-refractivity contribution is 0.335. The molecule has 4 heteroatoms. The average molecular weight is 382 g/mol. The van der Waals surface area contributed by atoms with Gasteiger partial charge in [-0.2, -0.15) is 0 Å². The Labute approximate surface area is 151 Å². The van der Waals surface area contributed by atoms with Crippen LogP contribution in [0.1, 0.15) is 11.1 Å². The molecule has 1 aromatic heterocycles. The molecule has 0 amide bonds. The Bertz CT molecular complexity index is 863. The molecule has 4 rings (SSSR count). The Kier molecular flexibility index (Phi) is 4.25. The molecular weight excluding hydrogens is 362 g/mol. The lowest BCUT2D eigenvalue weighted by Gasteiger charge is -2.21. The number of para-hydroxylation sites is 1. The van der Waals surface area contributed by atoms with Crippen LogP contribution in [-0.2, 0) is 6.54 Å². The smallest absolute Gasteiger partial charge is 0.0745 e. The van der Waals surface area contributed by atoms with Crippen molar-refractivity contribution < 1.29 is 0 Å². The highest BCUT2D eigenvalue weighted by Crippen LogP contribution is 2.29. The number of fused-ring (bicyclic) bond motifs is 1. The van der Waals surface area contributed by atoms with E-state index >= 15 is 0 Å². The van der Waals surface area contributed by atoms with Gasteiger partial charge in [-0.05, 0) is 42.3 Å². The standard InChI is InChI=1S/C20H20BrN3/c1-15-19(21)12-16(18-8-5-9-22-20(15)18)13-23-10-11-24(14-23)17-6-3-2-4-7-17/h2-9,12H,10-11,13-14H2,1H3. The summed E-state index contributed by atoms with van der Waals surface area (Å²) in [5.74, 6) is 0. The molecule has 0 aliphatic carbocycles. The summed E-state index contributed by atoms with van der Waals surface area (Å²) in [5.41, 5.74) is 4.95. The molecule has 0 bridgehead atoms. The molecule has 0 atom stereocenters. The molecular formula is C20H20BrN3. The molecule has 2 aromatic carbocycles. The first-order valence-corrected chi connectivity index (χ1v) is 9.07. The molecule has 0 N–H and O–H groups in total. The second-order valence-corrected chi connectivity index (χ2v) is 7.19. The second kappa shape index (κ2) is 6.54. The Hall–Kier alpha value is -1.91. The third-order valence-electron chi connectivity index (χ3n) is 4.74. The third-order valence-corrected chi connectivity index (χ3v) is 5.56. The number of halogens is 1. The maximum Gasteiger partial charge on any atom is 0.0745 e. The Morgan fingerprint density at radius 1 is 1.08 bits per heavy atom. The highest BCUT2D eigenvalue weighted by atomic mass is 79.9. The maximum absolute atomic E-state index is 4.58. The van der Waals surface area contributed by atoms with Gasteiger partial charge in [-0.1, -0.05) is 40.2 Å². The van der Waals surface area contributed by atoms with Crippen molar-refractivity contribution in [1.82, 2.24) is 9.88 Å². The number of anilines is 1. The minimum Gasteiger partial charge on any atom is -0.357 e. The summed E-state index contributed by atoms with van der Waals surface area (Å²) >= 11 is 3.70. The number of rotatable bonds is 3. The minimum absolute atomic E-state index is 0.949. The minimum atomic E-state index is 0.949. The lowest BCUT2D eigenvalue weighted by atomic mass is 10.0. The molecule has 0 saturated carbocycles. The zero-order valence-corrected chi connectivity index (χ0v) is 15.3. The van der Waals surface area contributed by atoms with E-state index in [1.807, 2.05) is 12.3 Å². The highest BCUT2D eigenvalue weighted by Gasteiger charge is 2.21. The topological polar surface area (TPSA) is 19.4 Å². The van der Waals surface area contributed by atoms with E-state index in [0.29, 0.717) is 0 Å². The molecule has 1 fully saturated rings. The molecule has 3 nitrogen and oxygen atoms in total. The first-order valence-electron chi connectivity index (χ1n) is 8.27. The van der Waals surface area contributed by atoms with Gasteiger partial charge in [-0.15, -0.1) is 0 Å². The monoisotopic (exact) mass is 381 g/mol. The van der Waals surface area contributed by atoms with Gasteiger partial charge >= 0.3 is 0 Å². The summed E-state index contributed by atoms with van der Waals surface area (Å²) in [5, 5.41) is 1.26. The van der Waals surface area contributed by atoms with Gasteiger partial charge in [-0.3, -0.25) is 9.88 Å². The lowest BCUT2D eigenvalue weighted by Crippen LogP contribution is -2.25. The van der Waals surface area contributed by atoms with E-state index in [0.717, 1.165) is 36.3 Å². The van der Waals surface area contributed by atoms with Gasteiger partial charge in [0.05, 0.1) is 12.2 Å². The molecule has 122 valence electrons. The first kappa shape index (κ1) is 15.6. The summed E-state index contributed by atoms with van der Waals surface area (Å²) in [7, 11) is 0. The predicted molar refractivity (Wildman–Crippen MR) is 103 cm³/mol. The van der Waals surface area contributed by atoms with Crippen molar-refractivity contribution in [2.45, 2.75) is 13.5 Å². The van der Waals surface area contributed by atoms with Gasteiger partial charge in [0, 0.05) is 41.4 Å². The van der Waals surface area contributed by atoms with E-state index < -0.39 is 0 Å². The van der Waals surface area contributed by atoms with Crippen LogP contribution in [0.3, 0.4) is 0 Å². The SMILES string of the molecule is Cc1c(Br)cc(CN2CCN(c3ccccc3)C2)c2cccnc12. The highest BCUT2D eigenvalue weighted by molar-refractivity contribution is 9.10. The summed E-state index contributed by atoms with van der Waals surface area (Å²) in [6.07, 6.45) is 1.87. The number of benzene rings is 2. The summed E-state index contributed by atoms with van der Waals surface area (Å²) in [6, 6.07) is 17.1. The summed E-state index contributed by atoms with van der Waals surface area (Å²) in [6.45, 7) is 6.20. The van der Waals surface area contributed by atoms with Crippen molar-refractivity contribution in [3.05, 3.63) is 70.3 Å². The number of hydrogen-bond donors (Lipinski definition) is 0. The van der Waals surface area contributed by atoms with Crippen LogP contribution in [0.5, 0.6) is 0 Å². The van der Waals surface area contributed by atoms with Crippen LogP contribution in [0, 0.1) is 6.92 Å². The molecule has 0 unspecified atom stereocenters. The van der Waals surface area contributed by atoms with E-state index in [-0.39, 0.29) is 0 Å². The molecule has 1 aliphatic rings. The average Bonchev–Trinajstić information content (AvgIpc) is 3.09. The fourth-order valence-electron chi connectivity index (χ4n) is 3.41. The van der Waals surface area contributed by atoms with Crippen LogP contribution in [0.15, 0.2) is 59.2 Å². The Morgan fingerprint density at radius 2 is 1.92 bits per heavy atom. The molecule has 24 heavy (non-hydrogen) atoms. The van der Waals surface area contributed by atoms with Gasteiger partial charge in [0.15, 0.2) is 0 Å². The summed E-state index contributed by atoms with van der Waals surface area (Å²) in [4.78, 5) is 9.51. The van der Waals surface area contributed by atoms with Crippen LogP contribution in [0.2, 0.25) is 0 Å². The van der Waals surface area contributed by atoms with Crippen LogP contribution < -0.4 is 4.90 Å². The Balaban J connectivity index is 1.59. The third kappa shape index (κ3) is 2.92. The zero-order valence-electron chi connectivity index (χ0n) is 13.7. The molecule has 1 saturated heterocycles. The van der Waals surface area contributed by atoms with E-state index in [9.17, 15) is 0 Å². The van der Waals surface area contributed by atoms with E-state index in [1.54, 1.807) is 0 Å². The fraction of sp³-hybridized carbons (Fsp3) is 0.250. The fourth-order valence-corrected chi connectivity index (χ4v) is 3.87. The number of pyridine rings is 1. The number of aromatic nitrogens is 1. The number of nitrogens with zero attached hydrogens (tertiary/aromatic N) is 3. The predicted octanol–water partition coefficient (Wildman–Crippen LogP) is 4.59. The Morgan fingerprint density at radius 3 is 2.75 bits per heavy atom. The number of aryl methyl sites for hydroxylation is 1. The van der Waals surface area contributed by atoms with Crippen LogP contribution in [-0.4, -0.2) is 29.6 Å². The van der Waals surface area contributed by atoms with Crippen LogP contribution in [0.4, 0.5) is 5.69 Å². The maximum atomic E-state index is 4.58. The molecule has 2 heterocycles. The normalized spacial score (nSPS) is 15.3. The largest absolute Gasteiger partial charge is 0.357 e. The van der Waals surface area contributed by atoms with Crippen LogP contribution >= 0.6 is 15.9 Å². The zero-order chi connectivity index (χ0) is 16.5. The van der Waals surface area contributed by atoms with E-state index in [2.05, 4.69) is 80.1 Å². The van der Waals surface area contributed by atoms with Crippen molar-refractivity contribution in [3.8, 4) is 0 Å². The molecule has 3 aromatic rings. The summed E-state index contributed by atoms with van der Waals surface area (Å²) < 4.78 is 1.14. The van der Waals surface area contributed by atoms with Gasteiger partial charge in [0.25, 0.3) is 0 Å². The number of hydrogen-bond acceptors (Lipinski definition) is 3. The van der Waals surface area contributed by atoms with Gasteiger partial charge in [0.2, 0.25) is 0 Å². The van der Waals surface area contributed by atoms with Crippen LogP contribution in [0.25, 0.3) is 10.9 Å². The molecule has 1 aliphatic heterocycles. The van der Waals surface area contributed by atoms with Crippen molar-refractivity contribution in [2.24, 2.45) is 0 Å². The van der Waals surface area contributed by atoms with Crippen molar-refractivity contribution in [3.63, 3.8) is 0 Å². The van der Waals surface area contributed by atoms with Gasteiger partial charge < -0.3 is 4.90 Å². The van der Waals surface area contributed by atoms with Crippen molar-refractivity contribution in [2.75, 3.05) is 24.7 Å². The van der Waals surface area contributed by atoms with Gasteiger partial charge in [0.1, 0.15) is 0 Å². The first-order chi connectivity index (χ1) is 11.7. The second-order valence-electron chi connectivity index (χ2n) is 6.34. The van der Waals surface area contributed by atoms with E-state index in [1.165, 1.54) is 22.2 Å².